The van der Waals surface area contributed by atoms with E-state index >= 15 is 0 Å². The Balaban J connectivity index is 1.38. The number of amides is 2. The van der Waals surface area contributed by atoms with Crippen LogP contribution in [0.15, 0.2) is 67.0 Å². The van der Waals surface area contributed by atoms with Crippen LogP contribution in [0.4, 0.5) is 0 Å². The van der Waals surface area contributed by atoms with Crippen LogP contribution in [0.25, 0.3) is 5.69 Å². The number of aromatic nitrogens is 2. The molecule has 0 spiro atoms. The number of nitrogens with zero attached hydrogens (tertiary/aromatic N) is 4. The fourth-order valence-corrected chi connectivity index (χ4v) is 3.35. The van der Waals surface area contributed by atoms with E-state index in [1.54, 1.807) is 51.1 Å². The molecule has 28 heavy (non-hydrogen) atoms. The Morgan fingerprint density at radius 1 is 0.786 bits per heavy atom. The van der Waals surface area contributed by atoms with Crippen LogP contribution >= 0.6 is 11.6 Å². The van der Waals surface area contributed by atoms with Crippen molar-refractivity contribution in [2.24, 2.45) is 0 Å². The predicted molar refractivity (Wildman–Crippen MR) is 107 cm³/mol. The van der Waals surface area contributed by atoms with Gasteiger partial charge in [-0.1, -0.05) is 29.8 Å². The highest BCUT2D eigenvalue weighted by Crippen LogP contribution is 2.15. The molecule has 0 unspecified atom stereocenters. The zero-order valence-electron chi connectivity index (χ0n) is 15.2. The van der Waals surface area contributed by atoms with Crippen molar-refractivity contribution in [3.05, 3.63) is 83.1 Å². The number of benzene rings is 2. The normalized spacial score (nSPS) is 14.2. The zero-order chi connectivity index (χ0) is 19.5. The van der Waals surface area contributed by atoms with Crippen LogP contribution in [0, 0.1) is 0 Å². The molecule has 2 amide bonds. The van der Waals surface area contributed by atoms with Gasteiger partial charge in [0.2, 0.25) is 0 Å². The van der Waals surface area contributed by atoms with E-state index in [0.717, 1.165) is 5.69 Å². The van der Waals surface area contributed by atoms with Gasteiger partial charge >= 0.3 is 0 Å². The highest BCUT2D eigenvalue weighted by molar-refractivity contribution is 6.30. The van der Waals surface area contributed by atoms with Crippen LogP contribution in [0.2, 0.25) is 5.02 Å². The van der Waals surface area contributed by atoms with Gasteiger partial charge in [0.05, 0.1) is 17.4 Å². The number of para-hydroxylation sites is 1. The Labute approximate surface area is 167 Å². The van der Waals surface area contributed by atoms with Gasteiger partial charge in [-0.2, -0.15) is 5.10 Å². The lowest BCUT2D eigenvalue weighted by Gasteiger charge is -2.34. The van der Waals surface area contributed by atoms with Gasteiger partial charge in [0.25, 0.3) is 11.8 Å². The number of carbonyl (C=O) groups is 2. The predicted octanol–water partition coefficient (Wildman–Crippen LogP) is 3.12. The van der Waals surface area contributed by atoms with E-state index in [9.17, 15) is 9.59 Å². The molecule has 142 valence electrons. The van der Waals surface area contributed by atoms with E-state index in [2.05, 4.69) is 5.10 Å². The van der Waals surface area contributed by atoms with Crippen molar-refractivity contribution in [3.63, 3.8) is 0 Å². The summed E-state index contributed by atoms with van der Waals surface area (Å²) in [5, 5.41) is 4.89. The number of carbonyl (C=O) groups excluding carboxylic acids is 2. The molecule has 0 radical (unpaired) electrons. The lowest BCUT2D eigenvalue weighted by atomic mass is 10.1. The van der Waals surface area contributed by atoms with Gasteiger partial charge in [0, 0.05) is 43.0 Å². The molecule has 6 nitrogen and oxygen atoms in total. The van der Waals surface area contributed by atoms with Gasteiger partial charge in [-0.15, -0.1) is 0 Å². The molecular formula is C21H19ClN4O2. The number of hydrogen-bond acceptors (Lipinski definition) is 3. The SMILES string of the molecule is O=C(c1ccc(Cl)cc1)N1CCN(C(=O)c2cnn(-c3ccccc3)c2)CC1. The second-order valence-corrected chi connectivity index (χ2v) is 7.04. The summed E-state index contributed by atoms with van der Waals surface area (Å²) in [6.07, 6.45) is 3.32. The minimum atomic E-state index is -0.0687. The summed E-state index contributed by atoms with van der Waals surface area (Å²) in [4.78, 5) is 28.9. The smallest absolute Gasteiger partial charge is 0.257 e. The van der Waals surface area contributed by atoms with E-state index in [0.29, 0.717) is 42.3 Å². The van der Waals surface area contributed by atoms with Crippen LogP contribution < -0.4 is 0 Å². The van der Waals surface area contributed by atoms with Crippen molar-refractivity contribution >= 4 is 23.4 Å². The fraction of sp³-hybridized carbons (Fsp3) is 0.190. The molecular weight excluding hydrogens is 376 g/mol. The largest absolute Gasteiger partial charge is 0.335 e. The van der Waals surface area contributed by atoms with E-state index in [1.165, 1.54) is 0 Å². The third-order valence-electron chi connectivity index (χ3n) is 4.80. The van der Waals surface area contributed by atoms with Gasteiger partial charge in [0.1, 0.15) is 0 Å². The first-order chi connectivity index (χ1) is 13.6. The monoisotopic (exact) mass is 394 g/mol. The first kappa shape index (κ1) is 18.3. The van der Waals surface area contributed by atoms with Crippen LogP contribution in [0.5, 0.6) is 0 Å². The minimum absolute atomic E-state index is 0.0411. The van der Waals surface area contributed by atoms with Gasteiger partial charge in [-0.25, -0.2) is 4.68 Å². The summed E-state index contributed by atoms with van der Waals surface area (Å²) >= 11 is 5.88. The summed E-state index contributed by atoms with van der Waals surface area (Å²) in [5.41, 5.74) is 2.05. The van der Waals surface area contributed by atoms with Gasteiger partial charge in [-0.3, -0.25) is 9.59 Å². The quantitative estimate of drug-likeness (QED) is 0.685. The topological polar surface area (TPSA) is 58.4 Å². The first-order valence-electron chi connectivity index (χ1n) is 9.06. The van der Waals surface area contributed by atoms with E-state index in [-0.39, 0.29) is 11.8 Å². The number of rotatable bonds is 3. The van der Waals surface area contributed by atoms with Crippen molar-refractivity contribution in [1.29, 1.82) is 0 Å². The van der Waals surface area contributed by atoms with Gasteiger partial charge < -0.3 is 9.80 Å². The highest BCUT2D eigenvalue weighted by atomic mass is 35.5. The van der Waals surface area contributed by atoms with E-state index in [4.69, 9.17) is 11.6 Å². The third kappa shape index (κ3) is 3.77. The van der Waals surface area contributed by atoms with Crippen molar-refractivity contribution in [2.75, 3.05) is 26.2 Å². The van der Waals surface area contributed by atoms with Crippen molar-refractivity contribution in [1.82, 2.24) is 19.6 Å². The lowest BCUT2D eigenvalue weighted by Crippen LogP contribution is -2.50. The van der Waals surface area contributed by atoms with Crippen molar-refractivity contribution in [2.45, 2.75) is 0 Å². The molecule has 4 rings (SSSR count). The summed E-state index contributed by atoms with van der Waals surface area (Å²) in [6.45, 7) is 1.99. The maximum absolute atomic E-state index is 12.8. The summed E-state index contributed by atoms with van der Waals surface area (Å²) in [7, 11) is 0. The van der Waals surface area contributed by atoms with Gasteiger partial charge in [-0.05, 0) is 36.4 Å². The summed E-state index contributed by atoms with van der Waals surface area (Å²) < 4.78 is 1.69. The Morgan fingerprint density at radius 3 is 1.96 bits per heavy atom. The molecule has 1 fully saturated rings. The molecule has 1 saturated heterocycles. The molecule has 2 heterocycles. The van der Waals surface area contributed by atoms with Crippen LogP contribution in [0.1, 0.15) is 20.7 Å². The summed E-state index contributed by atoms with van der Waals surface area (Å²) in [5.74, 6) is -0.110. The molecule has 0 aliphatic carbocycles. The van der Waals surface area contributed by atoms with Crippen molar-refractivity contribution in [3.8, 4) is 5.69 Å². The summed E-state index contributed by atoms with van der Waals surface area (Å²) in [6, 6.07) is 16.5. The van der Waals surface area contributed by atoms with Gasteiger partial charge in [0.15, 0.2) is 0 Å². The second-order valence-electron chi connectivity index (χ2n) is 6.60. The van der Waals surface area contributed by atoms with E-state index in [1.807, 2.05) is 30.3 Å². The highest BCUT2D eigenvalue weighted by Gasteiger charge is 2.26. The van der Waals surface area contributed by atoms with E-state index < -0.39 is 0 Å². The van der Waals surface area contributed by atoms with Crippen LogP contribution in [-0.2, 0) is 0 Å². The second kappa shape index (κ2) is 7.86. The Morgan fingerprint density at radius 2 is 1.36 bits per heavy atom. The number of halogens is 1. The molecule has 1 aromatic heterocycles. The zero-order valence-corrected chi connectivity index (χ0v) is 15.9. The maximum atomic E-state index is 12.8. The Hall–Kier alpha value is -3.12. The molecule has 2 aromatic carbocycles. The molecule has 0 N–H and O–H groups in total. The molecule has 1 aliphatic rings. The molecule has 0 atom stereocenters. The number of piperazine rings is 1. The van der Waals surface area contributed by atoms with Crippen LogP contribution in [0.3, 0.4) is 0 Å². The Bertz CT molecular complexity index is 977. The minimum Gasteiger partial charge on any atom is -0.335 e. The first-order valence-corrected chi connectivity index (χ1v) is 9.44. The molecule has 1 aliphatic heterocycles. The molecule has 7 heteroatoms. The number of hydrogen-bond donors (Lipinski definition) is 0. The molecule has 3 aromatic rings. The maximum Gasteiger partial charge on any atom is 0.257 e. The van der Waals surface area contributed by atoms with Crippen molar-refractivity contribution < 1.29 is 9.59 Å². The molecule has 0 bridgehead atoms. The average molecular weight is 395 g/mol. The molecule has 0 saturated carbocycles. The fourth-order valence-electron chi connectivity index (χ4n) is 3.23. The lowest BCUT2D eigenvalue weighted by molar-refractivity contribution is 0.0535. The average Bonchev–Trinajstić information content (AvgIpc) is 3.24. The van der Waals surface area contributed by atoms with Crippen LogP contribution in [-0.4, -0.2) is 57.6 Å². The standard InChI is InChI=1S/C21H19ClN4O2/c22-18-8-6-16(7-9-18)20(27)24-10-12-25(13-11-24)21(28)17-14-23-26(15-17)19-4-2-1-3-5-19/h1-9,14-15H,10-13H2. The third-order valence-corrected chi connectivity index (χ3v) is 5.05. The Kier molecular flexibility index (Phi) is 5.12.